The quantitative estimate of drug-likeness (QED) is 0.771. The minimum Gasteiger partial charge on any atom is -0.497 e. The summed E-state index contributed by atoms with van der Waals surface area (Å²) in [6, 6.07) is 15.4. The topological polar surface area (TPSA) is 48.0 Å². The van der Waals surface area contributed by atoms with Gasteiger partial charge in [-0.2, -0.15) is 0 Å². The molecule has 1 unspecified atom stereocenters. The smallest absolute Gasteiger partial charge is 0.337 e. The predicted octanol–water partition coefficient (Wildman–Crippen LogP) is 3.40. The Kier molecular flexibility index (Phi) is 5.92. The number of anilines is 1. The number of rotatable bonds is 5. The summed E-state index contributed by atoms with van der Waals surface area (Å²) in [6.45, 7) is 2.16. The number of esters is 1. The van der Waals surface area contributed by atoms with E-state index in [1.54, 1.807) is 13.2 Å². The molecule has 3 rings (SSSR count). The van der Waals surface area contributed by atoms with Gasteiger partial charge in [-0.3, -0.25) is 0 Å². The minimum atomic E-state index is -0.323. The molecule has 0 aliphatic carbocycles. The second-order valence-electron chi connectivity index (χ2n) is 6.03. The summed E-state index contributed by atoms with van der Waals surface area (Å²) >= 11 is 0. The van der Waals surface area contributed by atoms with Crippen LogP contribution in [-0.2, 0) is 9.47 Å². The van der Waals surface area contributed by atoms with Gasteiger partial charge in [0.15, 0.2) is 0 Å². The van der Waals surface area contributed by atoms with Crippen LogP contribution in [-0.4, -0.2) is 46.0 Å². The maximum Gasteiger partial charge on any atom is 0.337 e. The number of carbonyl (C=O) groups is 1. The lowest BCUT2D eigenvalue weighted by atomic mass is 10.1. The number of hydrogen-bond donors (Lipinski definition) is 0. The van der Waals surface area contributed by atoms with Gasteiger partial charge >= 0.3 is 5.97 Å². The lowest BCUT2D eigenvalue weighted by molar-refractivity contribution is 0.0600. The molecule has 0 spiro atoms. The standard InChI is InChI=1S/C21H23NO4/c1-24-19-9-6-16(7-10-19)8-11-20-15-22(12-13-26-20)18-5-3-4-17(14-18)21(23)25-2/h3-11,14,20H,12-13,15H2,1-2H3/b11-8+. The van der Waals surface area contributed by atoms with Crippen LogP contribution in [0.2, 0.25) is 0 Å². The zero-order valence-corrected chi connectivity index (χ0v) is 15.1. The predicted molar refractivity (Wildman–Crippen MR) is 102 cm³/mol. The molecule has 0 saturated carbocycles. The van der Waals surface area contributed by atoms with Crippen molar-refractivity contribution >= 4 is 17.7 Å². The first kappa shape index (κ1) is 18.0. The number of morpholine rings is 1. The molecule has 2 aromatic carbocycles. The molecule has 0 aromatic heterocycles. The molecule has 1 saturated heterocycles. The van der Waals surface area contributed by atoms with Crippen molar-refractivity contribution in [3.63, 3.8) is 0 Å². The van der Waals surface area contributed by atoms with E-state index in [9.17, 15) is 4.79 Å². The molecule has 1 aliphatic heterocycles. The van der Waals surface area contributed by atoms with E-state index in [4.69, 9.17) is 14.2 Å². The van der Waals surface area contributed by atoms with E-state index < -0.39 is 0 Å². The molecule has 0 radical (unpaired) electrons. The van der Waals surface area contributed by atoms with Gasteiger partial charge in [0.05, 0.1) is 32.5 Å². The minimum absolute atomic E-state index is 0.00682. The largest absolute Gasteiger partial charge is 0.497 e. The van der Waals surface area contributed by atoms with Gasteiger partial charge in [-0.1, -0.05) is 30.4 Å². The fourth-order valence-corrected chi connectivity index (χ4v) is 2.91. The lowest BCUT2D eigenvalue weighted by Gasteiger charge is -2.33. The van der Waals surface area contributed by atoms with Crippen molar-refractivity contribution in [3.05, 3.63) is 65.7 Å². The van der Waals surface area contributed by atoms with Crippen LogP contribution in [0.15, 0.2) is 54.6 Å². The molecular weight excluding hydrogens is 330 g/mol. The molecule has 0 bridgehead atoms. The van der Waals surface area contributed by atoms with Crippen molar-refractivity contribution in [2.45, 2.75) is 6.10 Å². The summed E-state index contributed by atoms with van der Waals surface area (Å²) in [4.78, 5) is 14.0. The summed E-state index contributed by atoms with van der Waals surface area (Å²) in [6.07, 6.45) is 4.11. The van der Waals surface area contributed by atoms with Crippen molar-refractivity contribution in [3.8, 4) is 5.75 Å². The van der Waals surface area contributed by atoms with Crippen LogP contribution in [0.5, 0.6) is 5.75 Å². The highest BCUT2D eigenvalue weighted by Crippen LogP contribution is 2.21. The van der Waals surface area contributed by atoms with Gasteiger partial charge in [0.25, 0.3) is 0 Å². The van der Waals surface area contributed by atoms with Gasteiger partial charge in [0.2, 0.25) is 0 Å². The molecule has 136 valence electrons. The van der Waals surface area contributed by atoms with E-state index >= 15 is 0 Å². The highest BCUT2D eigenvalue weighted by atomic mass is 16.5. The number of hydrogen-bond acceptors (Lipinski definition) is 5. The van der Waals surface area contributed by atoms with Crippen LogP contribution in [0.25, 0.3) is 6.08 Å². The molecule has 2 aromatic rings. The summed E-state index contributed by atoms with van der Waals surface area (Å²) in [5.41, 5.74) is 2.65. The van der Waals surface area contributed by atoms with Gasteiger partial charge in [0.1, 0.15) is 5.75 Å². The molecule has 0 amide bonds. The Labute approximate surface area is 153 Å². The second-order valence-corrected chi connectivity index (χ2v) is 6.03. The monoisotopic (exact) mass is 353 g/mol. The van der Waals surface area contributed by atoms with E-state index in [0.29, 0.717) is 12.2 Å². The maximum absolute atomic E-state index is 11.7. The number of nitrogens with zero attached hydrogens (tertiary/aromatic N) is 1. The van der Waals surface area contributed by atoms with E-state index in [-0.39, 0.29) is 12.1 Å². The third kappa shape index (κ3) is 4.43. The molecule has 0 N–H and O–H groups in total. The summed E-state index contributed by atoms with van der Waals surface area (Å²) in [5.74, 6) is 0.517. The van der Waals surface area contributed by atoms with Crippen molar-refractivity contribution < 1.29 is 19.0 Å². The van der Waals surface area contributed by atoms with E-state index in [1.165, 1.54) is 7.11 Å². The fourth-order valence-electron chi connectivity index (χ4n) is 2.91. The highest BCUT2D eigenvalue weighted by Gasteiger charge is 2.19. The van der Waals surface area contributed by atoms with Gasteiger partial charge in [-0.15, -0.1) is 0 Å². The van der Waals surface area contributed by atoms with E-state index in [0.717, 1.165) is 30.1 Å². The van der Waals surface area contributed by atoms with Gasteiger partial charge in [0, 0.05) is 18.8 Å². The summed E-state index contributed by atoms with van der Waals surface area (Å²) in [5, 5.41) is 0. The molecule has 5 heteroatoms. The van der Waals surface area contributed by atoms with Crippen LogP contribution in [0.1, 0.15) is 15.9 Å². The molecule has 5 nitrogen and oxygen atoms in total. The number of benzene rings is 2. The summed E-state index contributed by atoms with van der Waals surface area (Å²) in [7, 11) is 3.05. The Morgan fingerprint density at radius 3 is 2.73 bits per heavy atom. The van der Waals surface area contributed by atoms with E-state index in [2.05, 4.69) is 17.1 Å². The van der Waals surface area contributed by atoms with E-state index in [1.807, 2.05) is 42.5 Å². The Bertz CT molecular complexity index is 770. The molecule has 1 fully saturated rings. The first-order valence-electron chi connectivity index (χ1n) is 8.57. The average molecular weight is 353 g/mol. The molecule has 26 heavy (non-hydrogen) atoms. The molecular formula is C21H23NO4. The van der Waals surface area contributed by atoms with Gasteiger partial charge in [-0.05, 0) is 35.9 Å². The average Bonchev–Trinajstić information content (AvgIpc) is 2.72. The van der Waals surface area contributed by atoms with Crippen LogP contribution >= 0.6 is 0 Å². The molecule has 1 atom stereocenters. The Balaban J connectivity index is 1.67. The first-order valence-corrected chi connectivity index (χ1v) is 8.57. The Morgan fingerprint density at radius 1 is 1.19 bits per heavy atom. The number of methoxy groups -OCH3 is 2. The van der Waals surface area contributed by atoms with Crippen LogP contribution in [0.3, 0.4) is 0 Å². The Hall–Kier alpha value is -2.79. The van der Waals surface area contributed by atoms with Crippen molar-refractivity contribution in [1.82, 2.24) is 0 Å². The Morgan fingerprint density at radius 2 is 2.00 bits per heavy atom. The fraction of sp³-hybridized carbons (Fsp3) is 0.286. The van der Waals surface area contributed by atoms with Crippen LogP contribution < -0.4 is 9.64 Å². The third-order valence-corrected chi connectivity index (χ3v) is 4.34. The lowest BCUT2D eigenvalue weighted by Crippen LogP contribution is -2.41. The normalized spacial score (nSPS) is 17.3. The van der Waals surface area contributed by atoms with Crippen molar-refractivity contribution in [2.24, 2.45) is 0 Å². The van der Waals surface area contributed by atoms with Crippen molar-refractivity contribution in [2.75, 3.05) is 38.8 Å². The number of carbonyl (C=O) groups excluding carboxylic acids is 1. The zero-order chi connectivity index (χ0) is 18.4. The SMILES string of the molecule is COC(=O)c1cccc(N2CCOC(/C=C/c3ccc(OC)cc3)C2)c1. The van der Waals surface area contributed by atoms with Crippen molar-refractivity contribution in [1.29, 1.82) is 0 Å². The molecule has 1 heterocycles. The summed E-state index contributed by atoms with van der Waals surface area (Å²) < 4.78 is 15.8. The highest BCUT2D eigenvalue weighted by molar-refractivity contribution is 5.90. The maximum atomic E-state index is 11.7. The second kappa shape index (κ2) is 8.54. The van der Waals surface area contributed by atoms with Crippen LogP contribution in [0.4, 0.5) is 5.69 Å². The first-order chi connectivity index (χ1) is 12.7. The number of ether oxygens (including phenoxy) is 3. The van der Waals surface area contributed by atoms with Gasteiger partial charge < -0.3 is 19.1 Å². The van der Waals surface area contributed by atoms with Gasteiger partial charge in [-0.25, -0.2) is 4.79 Å². The van der Waals surface area contributed by atoms with Crippen LogP contribution in [0, 0.1) is 0 Å². The molecule has 1 aliphatic rings. The third-order valence-electron chi connectivity index (χ3n) is 4.34. The zero-order valence-electron chi connectivity index (χ0n) is 15.1.